The molecule has 192 valence electrons. The first-order valence-corrected chi connectivity index (χ1v) is 12.3. The van der Waals surface area contributed by atoms with E-state index >= 15 is 0 Å². The minimum absolute atomic E-state index is 0.133. The van der Waals surface area contributed by atoms with Gasteiger partial charge in [0.1, 0.15) is 5.82 Å². The van der Waals surface area contributed by atoms with E-state index in [4.69, 9.17) is 0 Å². The van der Waals surface area contributed by atoms with Crippen molar-refractivity contribution in [3.8, 4) is 28.0 Å². The fourth-order valence-electron chi connectivity index (χ4n) is 5.08. The molecular formula is C29H28F6O. The lowest BCUT2D eigenvalue weighted by Gasteiger charge is -2.29. The highest BCUT2D eigenvalue weighted by atomic mass is 19.4. The number of unbranched alkanes of at least 4 members (excludes halogenated alkanes) is 1. The first-order chi connectivity index (χ1) is 17.1. The lowest BCUT2D eigenvalue weighted by Crippen LogP contribution is -2.19. The third-order valence-electron chi connectivity index (χ3n) is 7.02. The Morgan fingerprint density at radius 3 is 1.89 bits per heavy atom. The molecule has 1 aliphatic carbocycles. The second-order valence-electron chi connectivity index (χ2n) is 9.49. The number of rotatable bonds is 7. The summed E-state index contributed by atoms with van der Waals surface area (Å²) in [4.78, 5) is 0. The molecule has 0 unspecified atom stereocenters. The Balaban J connectivity index is 1.48. The summed E-state index contributed by atoms with van der Waals surface area (Å²) in [6.45, 7) is 2.22. The van der Waals surface area contributed by atoms with Crippen molar-refractivity contribution >= 4 is 0 Å². The summed E-state index contributed by atoms with van der Waals surface area (Å²) in [5, 5.41) is 0. The number of ether oxygens (including phenoxy) is 1. The van der Waals surface area contributed by atoms with Crippen LogP contribution in [0.25, 0.3) is 22.3 Å². The summed E-state index contributed by atoms with van der Waals surface area (Å²) < 4.78 is 83.6. The van der Waals surface area contributed by atoms with Gasteiger partial charge in [-0.15, -0.1) is 13.2 Å². The summed E-state index contributed by atoms with van der Waals surface area (Å²) in [6, 6.07) is 13.5. The Morgan fingerprint density at radius 1 is 0.750 bits per heavy atom. The van der Waals surface area contributed by atoms with Crippen molar-refractivity contribution in [2.24, 2.45) is 5.92 Å². The molecule has 1 nitrogen and oxygen atoms in total. The van der Waals surface area contributed by atoms with Gasteiger partial charge < -0.3 is 4.74 Å². The topological polar surface area (TPSA) is 9.23 Å². The zero-order valence-electron chi connectivity index (χ0n) is 20.0. The normalized spacial score (nSPS) is 18.3. The molecule has 0 radical (unpaired) electrons. The molecule has 4 rings (SSSR count). The fourth-order valence-corrected chi connectivity index (χ4v) is 5.08. The van der Waals surface area contributed by atoms with E-state index in [1.807, 2.05) is 12.1 Å². The van der Waals surface area contributed by atoms with Gasteiger partial charge in [-0.25, -0.2) is 13.2 Å². The molecule has 3 aromatic carbocycles. The van der Waals surface area contributed by atoms with Crippen LogP contribution < -0.4 is 4.74 Å². The third-order valence-corrected chi connectivity index (χ3v) is 7.02. The van der Waals surface area contributed by atoms with Crippen LogP contribution in [0, 0.1) is 23.4 Å². The van der Waals surface area contributed by atoms with Crippen LogP contribution in [-0.2, 0) is 0 Å². The van der Waals surface area contributed by atoms with E-state index in [0.29, 0.717) is 23.6 Å². The summed E-state index contributed by atoms with van der Waals surface area (Å²) >= 11 is 0. The van der Waals surface area contributed by atoms with Crippen LogP contribution in [0.3, 0.4) is 0 Å². The summed E-state index contributed by atoms with van der Waals surface area (Å²) in [5.74, 6) is -4.09. The highest BCUT2D eigenvalue weighted by Crippen LogP contribution is 2.39. The Kier molecular flexibility index (Phi) is 7.96. The van der Waals surface area contributed by atoms with E-state index in [0.717, 1.165) is 11.5 Å². The number of benzene rings is 3. The van der Waals surface area contributed by atoms with Crippen molar-refractivity contribution in [1.82, 2.24) is 0 Å². The molecule has 0 atom stereocenters. The number of alkyl halides is 3. The summed E-state index contributed by atoms with van der Waals surface area (Å²) in [6.07, 6.45) is 3.45. The van der Waals surface area contributed by atoms with Gasteiger partial charge in [0.25, 0.3) is 0 Å². The van der Waals surface area contributed by atoms with Crippen molar-refractivity contribution in [2.45, 2.75) is 64.1 Å². The van der Waals surface area contributed by atoms with Gasteiger partial charge in [0.2, 0.25) is 5.75 Å². The second kappa shape index (κ2) is 11.0. The maximum absolute atomic E-state index is 14.9. The minimum atomic E-state index is -5.25. The van der Waals surface area contributed by atoms with Crippen LogP contribution in [0.15, 0.2) is 54.6 Å². The molecule has 0 N–H and O–H groups in total. The van der Waals surface area contributed by atoms with Crippen molar-refractivity contribution in [1.29, 1.82) is 0 Å². The zero-order valence-corrected chi connectivity index (χ0v) is 20.0. The van der Waals surface area contributed by atoms with Gasteiger partial charge in [-0.1, -0.05) is 62.6 Å². The van der Waals surface area contributed by atoms with Crippen LogP contribution in [0.1, 0.15) is 63.4 Å². The second-order valence-corrected chi connectivity index (χ2v) is 9.49. The van der Waals surface area contributed by atoms with Crippen LogP contribution in [0.4, 0.5) is 26.3 Å². The van der Waals surface area contributed by atoms with Gasteiger partial charge in [-0.2, -0.15) is 0 Å². The molecule has 0 spiro atoms. The largest absolute Gasteiger partial charge is 0.573 e. The molecule has 0 aliphatic heterocycles. The van der Waals surface area contributed by atoms with Crippen LogP contribution in [0.5, 0.6) is 5.75 Å². The SMILES string of the molecule is CCCCC1CCC(c2ccc(-c3ccc(-c4cc(F)c(OC(F)(F)F)c(F)c4)c(F)c3)cc2)CC1. The van der Waals surface area contributed by atoms with Gasteiger partial charge in [0.15, 0.2) is 11.6 Å². The van der Waals surface area contributed by atoms with E-state index in [9.17, 15) is 26.3 Å². The van der Waals surface area contributed by atoms with E-state index in [1.165, 1.54) is 62.6 Å². The van der Waals surface area contributed by atoms with Crippen molar-refractivity contribution in [2.75, 3.05) is 0 Å². The number of hydrogen-bond donors (Lipinski definition) is 0. The predicted octanol–water partition coefficient (Wildman–Crippen LogP) is 9.80. The maximum Gasteiger partial charge on any atom is 0.573 e. The summed E-state index contributed by atoms with van der Waals surface area (Å²) in [7, 11) is 0. The van der Waals surface area contributed by atoms with Gasteiger partial charge in [-0.3, -0.25) is 0 Å². The Hall–Kier alpha value is -2.96. The molecule has 0 aromatic heterocycles. The average Bonchev–Trinajstić information content (AvgIpc) is 2.85. The average molecular weight is 507 g/mol. The molecule has 0 bridgehead atoms. The molecule has 3 aromatic rings. The van der Waals surface area contributed by atoms with Crippen LogP contribution in [0.2, 0.25) is 0 Å². The van der Waals surface area contributed by atoms with Gasteiger partial charge in [0, 0.05) is 5.56 Å². The van der Waals surface area contributed by atoms with E-state index < -0.39 is 29.6 Å². The smallest absolute Gasteiger partial charge is 0.399 e. The molecule has 36 heavy (non-hydrogen) atoms. The van der Waals surface area contributed by atoms with Crippen LogP contribution >= 0.6 is 0 Å². The Labute approximate surface area is 207 Å². The monoisotopic (exact) mass is 506 g/mol. The quantitative estimate of drug-likeness (QED) is 0.290. The van der Waals surface area contributed by atoms with Gasteiger partial charge in [-0.05, 0) is 78.0 Å². The van der Waals surface area contributed by atoms with Gasteiger partial charge in [0.05, 0.1) is 0 Å². The number of halogens is 6. The van der Waals surface area contributed by atoms with Crippen molar-refractivity contribution in [3.63, 3.8) is 0 Å². The first kappa shape index (κ1) is 26.1. The molecule has 0 heterocycles. The molecule has 1 saturated carbocycles. The van der Waals surface area contributed by atoms with Crippen LogP contribution in [-0.4, -0.2) is 6.36 Å². The highest BCUT2D eigenvalue weighted by Gasteiger charge is 2.34. The maximum atomic E-state index is 14.9. The fraction of sp³-hybridized carbons (Fsp3) is 0.379. The molecule has 1 aliphatic rings. The van der Waals surface area contributed by atoms with Gasteiger partial charge >= 0.3 is 6.36 Å². The summed E-state index contributed by atoms with van der Waals surface area (Å²) in [5.41, 5.74) is 2.30. The number of hydrogen-bond acceptors (Lipinski definition) is 1. The van der Waals surface area contributed by atoms with E-state index in [-0.39, 0.29) is 11.1 Å². The lowest BCUT2D eigenvalue weighted by molar-refractivity contribution is -0.276. The van der Waals surface area contributed by atoms with E-state index in [1.54, 1.807) is 6.07 Å². The molecule has 0 saturated heterocycles. The third kappa shape index (κ3) is 6.23. The van der Waals surface area contributed by atoms with Crippen molar-refractivity contribution in [3.05, 3.63) is 77.6 Å². The van der Waals surface area contributed by atoms with E-state index in [2.05, 4.69) is 23.8 Å². The minimum Gasteiger partial charge on any atom is -0.399 e. The molecule has 7 heteroatoms. The highest BCUT2D eigenvalue weighted by molar-refractivity contribution is 5.71. The molecule has 0 amide bonds. The Morgan fingerprint density at radius 2 is 1.33 bits per heavy atom. The first-order valence-electron chi connectivity index (χ1n) is 12.3. The predicted molar refractivity (Wildman–Crippen MR) is 128 cm³/mol. The molecular weight excluding hydrogens is 478 g/mol. The standard InChI is InChI=1S/C29H28F6O/c1-2-3-4-18-5-7-19(8-6-18)20-9-11-21(12-10-20)22-13-14-24(25(30)15-22)23-16-26(31)28(27(32)17-23)36-29(33,34)35/h9-19H,2-8H2,1H3. The zero-order chi connectivity index (χ0) is 25.9. The van der Waals surface area contributed by atoms with Crippen molar-refractivity contribution < 1.29 is 31.1 Å². The Bertz CT molecular complexity index is 1150. The lowest BCUT2D eigenvalue weighted by atomic mass is 9.77. The molecule has 1 fully saturated rings.